The Kier molecular flexibility index (Phi) is 37.2. The second kappa shape index (κ2) is 45.6. The van der Waals surface area contributed by atoms with Gasteiger partial charge in [0.2, 0.25) is 82.7 Å². The molecule has 4 aromatic carbocycles. The van der Waals surface area contributed by atoms with E-state index in [4.69, 9.17) is 0 Å². The summed E-state index contributed by atoms with van der Waals surface area (Å²) in [5.74, 6) is -12.4. The molecule has 2 fully saturated rings. The zero-order valence-electron chi connectivity index (χ0n) is 73.5. The van der Waals surface area contributed by atoms with Crippen LogP contribution in [-0.4, -0.2) is 286 Å². The number of likely N-dealkylation sites (tertiary alicyclic amines) is 1. The number of hydrogen-bond acceptors (Lipinski definition) is 15. The molecule has 2 heterocycles. The van der Waals surface area contributed by atoms with E-state index in [0.29, 0.717) is 41.8 Å². The molecular formula is C90H132N14O15. The van der Waals surface area contributed by atoms with Gasteiger partial charge >= 0.3 is 0 Å². The van der Waals surface area contributed by atoms with Gasteiger partial charge in [-0.05, 0) is 112 Å². The number of carbonyl (C=O) groups excluding carboxylic acids is 14. The molecule has 2 aliphatic rings. The Bertz CT molecular complexity index is 4090. The van der Waals surface area contributed by atoms with Crippen LogP contribution in [0.3, 0.4) is 0 Å². The lowest BCUT2D eigenvalue weighted by atomic mass is 9.95. The lowest BCUT2D eigenvalue weighted by Crippen LogP contribution is -2.62. The number of aliphatic hydroxyl groups is 1. The third-order valence-corrected chi connectivity index (χ3v) is 23.2. The molecule has 2 aliphatic heterocycles. The van der Waals surface area contributed by atoms with Crippen molar-refractivity contribution in [3.8, 4) is 0 Å². The van der Waals surface area contributed by atoms with Crippen molar-refractivity contribution in [2.75, 3.05) is 69.5 Å². The van der Waals surface area contributed by atoms with Crippen molar-refractivity contribution in [3.63, 3.8) is 0 Å². The summed E-state index contributed by atoms with van der Waals surface area (Å²) in [5.41, 5.74) is 2.44. The summed E-state index contributed by atoms with van der Waals surface area (Å²) in [4.78, 5) is 225. The Morgan fingerprint density at radius 2 is 0.849 bits per heavy atom. The van der Waals surface area contributed by atoms with Crippen molar-refractivity contribution in [3.05, 3.63) is 144 Å². The van der Waals surface area contributed by atoms with Gasteiger partial charge in [-0.15, -0.1) is 0 Å². The van der Waals surface area contributed by atoms with Gasteiger partial charge in [0.05, 0.1) is 12.5 Å². The number of hydrogen-bond donors (Lipinski definition) is 6. The van der Waals surface area contributed by atoms with E-state index in [2.05, 4.69) is 26.6 Å². The second-order valence-electron chi connectivity index (χ2n) is 33.8. The minimum absolute atomic E-state index is 0.0277. The maximum absolute atomic E-state index is 16.1. The van der Waals surface area contributed by atoms with E-state index in [1.807, 2.05) is 34.6 Å². The van der Waals surface area contributed by atoms with Crippen molar-refractivity contribution in [2.45, 2.75) is 245 Å². The number of likely N-dealkylation sites (N-methyl/N-ethyl adjacent to an activating group) is 8. The average molecular weight is 1650 g/mol. The molecule has 14 amide bonds. The number of piperidine rings is 1. The first-order valence-electron chi connectivity index (χ1n) is 41.9. The van der Waals surface area contributed by atoms with Crippen LogP contribution in [0, 0.1) is 23.7 Å². The van der Waals surface area contributed by atoms with Crippen LogP contribution in [0.25, 0.3) is 0 Å². The number of amides is 14. The van der Waals surface area contributed by atoms with Crippen LogP contribution in [0.2, 0.25) is 0 Å². The molecule has 652 valence electrons. The van der Waals surface area contributed by atoms with Crippen LogP contribution in [0.5, 0.6) is 0 Å². The Balaban J connectivity index is 1.54. The van der Waals surface area contributed by atoms with Crippen LogP contribution in [0.15, 0.2) is 121 Å². The van der Waals surface area contributed by atoms with E-state index in [9.17, 15) is 19.5 Å². The van der Waals surface area contributed by atoms with Gasteiger partial charge in [-0.3, -0.25) is 67.1 Å². The summed E-state index contributed by atoms with van der Waals surface area (Å²) in [6, 6.07) is 16.7. The summed E-state index contributed by atoms with van der Waals surface area (Å²) in [6.45, 7) is 21.2. The van der Waals surface area contributed by atoms with E-state index in [-0.39, 0.29) is 68.6 Å². The molecule has 1 unspecified atom stereocenters. The summed E-state index contributed by atoms with van der Waals surface area (Å²) in [6.07, 6.45) is -0.0829. The fourth-order valence-electron chi connectivity index (χ4n) is 15.3. The summed E-state index contributed by atoms with van der Waals surface area (Å²) < 4.78 is 0. The number of carbonyl (C=O) groups is 14. The van der Waals surface area contributed by atoms with Crippen molar-refractivity contribution >= 4 is 82.7 Å². The summed E-state index contributed by atoms with van der Waals surface area (Å²) in [5, 5.41) is 25.1. The highest BCUT2D eigenvalue weighted by molar-refractivity contribution is 6.01. The minimum atomic E-state index is -1.93. The zero-order valence-corrected chi connectivity index (χ0v) is 73.5. The predicted octanol–water partition coefficient (Wildman–Crippen LogP) is 5.04. The van der Waals surface area contributed by atoms with E-state index in [1.165, 1.54) is 107 Å². The maximum atomic E-state index is 16.1. The quantitative estimate of drug-likeness (QED) is 0.0535. The molecular weight excluding hydrogens is 1520 g/mol. The first-order chi connectivity index (χ1) is 56.1. The summed E-state index contributed by atoms with van der Waals surface area (Å²) in [7, 11) is 11.1. The third kappa shape index (κ3) is 26.7. The third-order valence-electron chi connectivity index (χ3n) is 23.2. The molecule has 0 aliphatic carbocycles. The van der Waals surface area contributed by atoms with E-state index < -0.39 is 174 Å². The number of nitrogens with zero attached hydrogens (tertiary/aromatic N) is 9. The normalized spacial score (nSPS) is 23.4. The lowest BCUT2D eigenvalue weighted by molar-refractivity contribution is -0.156. The SMILES string of the molecule is CCC(C)[C@@H]1NC(=O)[C@H](Cc2ccccc2)N(C)C(=O)[C@H]([C@@H](C)O)NC(=O)[C@@H](C)NC(=O)C[C@@H](C(=O)N(C)[C@@H](Cc2ccccc2)C(=O)N(C)[C@@H](Cc2ccccc2)C(=O)N[C@@H](C)C(=O)N2CCCCC2)NC(=O)[C@H](CC(C)C)N(C)C(=O)[C@H](CC(C)C)N(C)C(=O)[C@H](Cc2ccccc2)N(C)C(=O)[C@H](CC(C)C)N(C)C(=O)[C@H](C)N(C)C1=O. The smallest absolute Gasteiger partial charge is 0.248 e. The highest BCUT2D eigenvalue weighted by Crippen LogP contribution is 2.27. The predicted molar refractivity (Wildman–Crippen MR) is 454 cm³/mol. The molecule has 29 nitrogen and oxygen atoms in total. The molecule has 2 saturated heterocycles. The van der Waals surface area contributed by atoms with Crippen molar-refractivity contribution in [1.82, 2.24) is 70.7 Å². The average Bonchev–Trinajstić information content (AvgIpc) is 0.952. The molecule has 6 N–H and O–H groups in total. The maximum Gasteiger partial charge on any atom is 0.248 e. The highest BCUT2D eigenvalue weighted by Gasteiger charge is 2.46. The Morgan fingerprint density at radius 3 is 1.32 bits per heavy atom. The molecule has 6 rings (SSSR count). The number of benzene rings is 4. The van der Waals surface area contributed by atoms with Crippen LogP contribution in [0.4, 0.5) is 0 Å². The van der Waals surface area contributed by atoms with Gasteiger partial charge in [-0.25, -0.2) is 0 Å². The Labute approximate surface area is 703 Å². The molecule has 0 spiro atoms. The first-order valence-corrected chi connectivity index (χ1v) is 41.9. The van der Waals surface area contributed by atoms with Gasteiger partial charge in [0.15, 0.2) is 0 Å². The number of nitrogens with one attached hydrogen (secondary N) is 5. The van der Waals surface area contributed by atoms with E-state index in [0.717, 1.165) is 29.1 Å². The van der Waals surface area contributed by atoms with Crippen molar-refractivity contribution in [2.24, 2.45) is 23.7 Å². The van der Waals surface area contributed by atoms with Crippen LogP contribution >= 0.6 is 0 Å². The van der Waals surface area contributed by atoms with Gasteiger partial charge in [0.25, 0.3) is 0 Å². The fraction of sp³-hybridized carbons (Fsp3) is 0.578. The number of rotatable bonds is 24. The van der Waals surface area contributed by atoms with Gasteiger partial charge < -0.3 is 75.8 Å². The van der Waals surface area contributed by atoms with Crippen molar-refractivity contribution < 1.29 is 72.2 Å². The van der Waals surface area contributed by atoms with Gasteiger partial charge in [-0.2, -0.15) is 0 Å². The van der Waals surface area contributed by atoms with Gasteiger partial charge in [0.1, 0.15) is 78.5 Å². The Morgan fingerprint density at radius 1 is 0.454 bits per heavy atom. The topological polar surface area (TPSA) is 349 Å². The first kappa shape index (κ1) is 97.3. The molecule has 119 heavy (non-hydrogen) atoms. The monoisotopic (exact) mass is 1650 g/mol. The minimum Gasteiger partial charge on any atom is -0.391 e. The molecule has 0 aromatic heterocycles. The van der Waals surface area contributed by atoms with Crippen LogP contribution in [-0.2, 0) is 92.8 Å². The van der Waals surface area contributed by atoms with Crippen LogP contribution in [0.1, 0.15) is 157 Å². The fourth-order valence-corrected chi connectivity index (χ4v) is 15.3. The second-order valence-corrected chi connectivity index (χ2v) is 33.8. The molecule has 0 saturated carbocycles. The Hall–Kier alpha value is -10.6. The standard InChI is InChI=1S/C90H132N14O15/c1-21-58(8)76-89(118)96(13)61(11)83(112)100(17)71(48-56(4)5)86(115)103(20)74(53-66-43-33-25-34-44-66)88(117)102(19)72(49-57(6)7)85(114)97(14)68(47-55(2)3)80(109)93-67(54-75(106)91-59(9)78(107)95-77(62(12)105)90(119)99(16)70(81(110)94-76)51-64-39-29-23-30-40-64)84(113)101(18)73(52-65-41-31-24-32-42-65)87(116)98(15)69(50-63-37-27-22-28-38-63)79(108)92-60(10)82(111)104-45-35-26-36-46-104/h22-25,27-34,37-44,55-62,67-74,76-77,105H,21,26,35-36,45-54H2,1-20H3,(H,91,106)(H,92,108)(H,93,109)(H,94,110)(H,95,107)/t58?,59-,60+,61+,62-,67+,68+,69+,70+,71+,72+,73+,74+,76+,77+/m1/s1. The molecule has 0 bridgehead atoms. The highest BCUT2D eigenvalue weighted by atomic mass is 16.3. The molecule has 29 heteroatoms. The number of aliphatic hydroxyl groups excluding tert-OH is 1. The van der Waals surface area contributed by atoms with Gasteiger partial charge in [0, 0.05) is 95.2 Å². The molecule has 15 atom stereocenters. The molecule has 4 aromatic rings. The zero-order chi connectivity index (χ0) is 88.6. The van der Waals surface area contributed by atoms with Crippen molar-refractivity contribution in [1.29, 1.82) is 0 Å². The summed E-state index contributed by atoms with van der Waals surface area (Å²) >= 11 is 0. The van der Waals surface area contributed by atoms with Crippen LogP contribution < -0.4 is 26.6 Å². The van der Waals surface area contributed by atoms with E-state index in [1.54, 1.807) is 154 Å². The lowest BCUT2D eigenvalue weighted by Gasteiger charge is -2.40. The molecule has 0 radical (unpaired) electrons. The van der Waals surface area contributed by atoms with Gasteiger partial charge in [-0.1, -0.05) is 183 Å². The largest absolute Gasteiger partial charge is 0.391 e. The van der Waals surface area contributed by atoms with E-state index >= 15 is 52.7 Å².